The highest BCUT2D eigenvalue weighted by atomic mass is 79.9. The Hall–Kier alpha value is -1.51. The fourth-order valence-corrected chi connectivity index (χ4v) is 5.89. The molecule has 3 rings (SSSR count). The lowest BCUT2D eigenvalue weighted by molar-refractivity contribution is 0.0369. The number of hydrogen-bond acceptors (Lipinski definition) is 4. The Kier molecular flexibility index (Phi) is 11.3. The van der Waals surface area contributed by atoms with Crippen LogP contribution in [0.3, 0.4) is 0 Å². The quantitative estimate of drug-likeness (QED) is 0.295. The van der Waals surface area contributed by atoms with Crippen molar-refractivity contribution in [3.05, 3.63) is 70.2 Å². The van der Waals surface area contributed by atoms with Crippen LogP contribution in [0.15, 0.2) is 69.5 Å². The average Bonchev–Trinajstić information content (AvgIpc) is 2.85. The minimum Gasteiger partial charge on any atom is -0.379 e. The number of morpholine rings is 1. The number of ether oxygens (including phenoxy) is 1. The molecule has 0 amide bonds. The first kappa shape index (κ1) is 27.1. The Labute approximate surface area is 214 Å². The van der Waals surface area contributed by atoms with Crippen molar-refractivity contribution in [3.8, 4) is 0 Å². The second-order valence-corrected chi connectivity index (χ2v) is 11.6. The number of halogens is 1. The smallest absolute Gasteiger partial charge is 0.243 e. The molecule has 2 aromatic rings. The van der Waals surface area contributed by atoms with Crippen LogP contribution < -0.4 is 0 Å². The van der Waals surface area contributed by atoms with Crippen LogP contribution in [0.25, 0.3) is 6.08 Å². The molecule has 34 heavy (non-hydrogen) atoms. The predicted octanol–water partition coefficient (Wildman–Crippen LogP) is 5.83. The van der Waals surface area contributed by atoms with Gasteiger partial charge >= 0.3 is 0 Å². The molecule has 0 saturated carbocycles. The fraction of sp³-hybridized carbons (Fsp3) is 0.481. The molecular formula is C27H37BrN2O3S. The zero-order chi connectivity index (χ0) is 24.2. The van der Waals surface area contributed by atoms with Crippen molar-refractivity contribution < 1.29 is 13.2 Å². The number of unbranched alkanes of at least 4 members (excludes halogenated alkanes) is 2. The summed E-state index contributed by atoms with van der Waals surface area (Å²) in [5, 5.41) is 0. The molecule has 0 radical (unpaired) electrons. The van der Waals surface area contributed by atoms with Gasteiger partial charge in [0.2, 0.25) is 10.0 Å². The first-order chi connectivity index (χ1) is 16.5. The van der Waals surface area contributed by atoms with Crippen molar-refractivity contribution in [2.45, 2.75) is 43.9 Å². The van der Waals surface area contributed by atoms with E-state index in [1.165, 1.54) is 0 Å². The van der Waals surface area contributed by atoms with Crippen LogP contribution in [0.2, 0.25) is 0 Å². The summed E-state index contributed by atoms with van der Waals surface area (Å²) in [5.41, 5.74) is 2.27. The van der Waals surface area contributed by atoms with Gasteiger partial charge in [0.15, 0.2) is 0 Å². The molecule has 0 atom stereocenters. The highest BCUT2D eigenvalue weighted by Gasteiger charge is 2.25. The lowest BCUT2D eigenvalue weighted by atomic mass is 10.0. The molecule has 1 aliphatic heterocycles. The van der Waals surface area contributed by atoms with Crippen LogP contribution >= 0.6 is 15.9 Å². The number of sulfonamides is 1. The van der Waals surface area contributed by atoms with E-state index in [9.17, 15) is 8.42 Å². The number of rotatable bonds is 13. The second kappa shape index (κ2) is 14.1. The van der Waals surface area contributed by atoms with Gasteiger partial charge in [-0.15, -0.1) is 0 Å². The van der Waals surface area contributed by atoms with Crippen LogP contribution in [-0.2, 0) is 14.8 Å². The summed E-state index contributed by atoms with van der Waals surface area (Å²) < 4.78 is 35.4. The predicted molar refractivity (Wildman–Crippen MR) is 143 cm³/mol. The van der Waals surface area contributed by atoms with Crippen molar-refractivity contribution in [3.63, 3.8) is 0 Å². The highest BCUT2D eigenvalue weighted by Crippen LogP contribution is 2.23. The lowest BCUT2D eigenvalue weighted by Crippen LogP contribution is -2.39. The molecule has 0 N–H and O–H groups in total. The maximum atomic E-state index is 13.7. The largest absolute Gasteiger partial charge is 0.379 e. The molecule has 1 saturated heterocycles. The summed E-state index contributed by atoms with van der Waals surface area (Å²) in [6.45, 7) is 7.31. The lowest BCUT2D eigenvalue weighted by Gasteiger charge is -2.28. The summed E-state index contributed by atoms with van der Waals surface area (Å²) in [6.07, 6.45) is 7.21. The fourth-order valence-electron chi connectivity index (χ4n) is 4.15. The van der Waals surface area contributed by atoms with Gasteiger partial charge in [-0.3, -0.25) is 4.90 Å². The highest BCUT2D eigenvalue weighted by molar-refractivity contribution is 9.10. The van der Waals surface area contributed by atoms with E-state index in [1.54, 1.807) is 28.6 Å². The molecule has 1 heterocycles. The summed E-state index contributed by atoms with van der Waals surface area (Å²) in [6, 6.07) is 17.2. The third-order valence-corrected chi connectivity index (χ3v) is 8.48. The van der Waals surface area contributed by atoms with Gasteiger partial charge in [0, 0.05) is 30.7 Å². The van der Waals surface area contributed by atoms with E-state index < -0.39 is 10.0 Å². The van der Waals surface area contributed by atoms with Gasteiger partial charge in [0.1, 0.15) is 0 Å². The van der Waals surface area contributed by atoms with E-state index in [2.05, 4.69) is 46.0 Å². The minimum atomic E-state index is -3.61. The minimum absolute atomic E-state index is 0.342. The van der Waals surface area contributed by atoms with Crippen LogP contribution in [0.5, 0.6) is 0 Å². The van der Waals surface area contributed by atoms with Crippen molar-refractivity contribution in [2.75, 3.05) is 45.9 Å². The molecule has 186 valence electrons. The molecule has 7 heteroatoms. The molecular weight excluding hydrogens is 512 g/mol. The van der Waals surface area contributed by atoms with Crippen molar-refractivity contribution in [1.82, 2.24) is 9.21 Å². The van der Waals surface area contributed by atoms with Crippen molar-refractivity contribution in [2.24, 2.45) is 0 Å². The topological polar surface area (TPSA) is 49.9 Å². The third-order valence-electron chi connectivity index (χ3n) is 6.09. The van der Waals surface area contributed by atoms with Crippen molar-refractivity contribution >= 4 is 32.0 Å². The van der Waals surface area contributed by atoms with Crippen LogP contribution in [-0.4, -0.2) is 63.6 Å². The molecule has 5 nitrogen and oxygen atoms in total. The van der Waals surface area contributed by atoms with E-state index in [1.807, 2.05) is 18.2 Å². The number of nitrogens with zero attached hydrogens (tertiary/aromatic N) is 2. The Morgan fingerprint density at radius 1 is 1.03 bits per heavy atom. The Bertz CT molecular complexity index is 988. The zero-order valence-corrected chi connectivity index (χ0v) is 22.6. The van der Waals surface area contributed by atoms with Gasteiger partial charge < -0.3 is 4.74 Å². The van der Waals surface area contributed by atoms with Crippen LogP contribution in [0, 0.1) is 0 Å². The molecule has 0 spiro atoms. The second-order valence-electron chi connectivity index (χ2n) is 8.77. The van der Waals surface area contributed by atoms with E-state index in [-0.39, 0.29) is 0 Å². The average molecular weight is 550 g/mol. The molecule has 0 bridgehead atoms. The molecule has 2 aromatic carbocycles. The van der Waals surface area contributed by atoms with Gasteiger partial charge in [0.05, 0.1) is 18.1 Å². The molecule has 0 unspecified atom stereocenters. The maximum absolute atomic E-state index is 13.7. The normalized spacial score (nSPS) is 15.7. The Balaban J connectivity index is 1.81. The summed E-state index contributed by atoms with van der Waals surface area (Å²) in [5.74, 6) is 0. The summed E-state index contributed by atoms with van der Waals surface area (Å²) in [7, 11) is -3.61. The number of benzene rings is 2. The van der Waals surface area contributed by atoms with Gasteiger partial charge in [-0.2, -0.15) is 4.31 Å². The maximum Gasteiger partial charge on any atom is 0.243 e. The first-order valence-electron chi connectivity index (χ1n) is 12.3. The third kappa shape index (κ3) is 8.61. The standard InChI is InChI=1S/C27H37BrN2O3S/c1-2-3-5-11-25(22-24-9-6-4-7-10-24)23-30(17-8-16-29-18-20-33-21-19-29)34(31,32)27-14-12-26(28)13-15-27/h4,6-7,9-10,12-15,22H,2-3,5,8,11,16-21,23H2,1H3/b25-22+. The van der Waals surface area contributed by atoms with Crippen molar-refractivity contribution in [1.29, 1.82) is 0 Å². The molecule has 0 aromatic heterocycles. The first-order valence-corrected chi connectivity index (χ1v) is 14.5. The van der Waals surface area contributed by atoms with Gasteiger partial charge in [-0.1, -0.05) is 77.7 Å². The molecule has 1 aliphatic rings. The molecule has 1 fully saturated rings. The van der Waals surface area contributed by atoms with Gasteiger partial charge in [-0.05, 0) is 55.6 Å². The number of hydrogen-bond donors (Lipinski definition) is 0. The van der Waals surface area contributed by atoms with E-state index in [0.29, 0.717) is 18.0 Å². The van der Waals surface area contributed by atoms with Crippen LogP contribution in [0.4, 0.5) is 0 Å². The van der Waals surface area contributed by atoms with E-state index in [0.717, 1.165) is 80.6 Å². The Morgan fingerprint density at radius 3 is 2.41 bits per heavy atom. The zero-order valence-electron chi connectivity index (χ0n) is 20.2. The monoisotopic (exact) mass is 548 g/mol. The Morgan fingerprint density at radius 2 is 1.74 bits per heavy atom. The van der Waals surface area contributed by atoms with Crippen LogP contribution in [0.1, 0.15) is 44.6 Å². The van der Waals surface area contributed by atoms with E-state index in [4.69, 9.17) is 4.74 Å². The summed E-state index contributed by atoms with van der Waals surface area (Å²) >= 11 is 3.41. The molecule has 0 aliphatic carbocycles. The van der Waals surface area contributed by atoms with E-state index >= 15 is 0 Å². The van der Waals surface area contributed by atoms with Gasteiger partial charge in [-0.25, -0.2) is 8.42 Å². The SMILES string of the molecule is CCCCC/C(=C\c1ccccc1)CN(CCCN1CCOCC1)S(=O)(=O)c1ccc(Br)cc1. The van der Waals surface area contributed by atoms with Gasteiger partial charge in [0.25, 0.3) is 0 Å². The summed E-state index contributed by atoms with van der Waals surface area (Å²) in [4.78, 5) is 2.70.